The van der Waals surface area contributed by atoms with E-state index in [1.54, 1.807) is 41.5 Å². The number of methoxy groups -OCH3 is 1. The molecule has 0 aliphatic carbocycles. The topological polar surface area (TPSA) is 213 Å². The first-order chi connectivity index (χ1) is 20.0. The summed E-state index contributed by atoms with van der Waals surface area (Å²) in [7, 11) is 1.23. The smallest absolute Gasteiger partial charge is 0.408 e. The van der Waals surface area contributed by atoms with E-state index >= 15 is 0 Å². The van der Waals surface area contributed by atoms with Crippen LogP contribution in [0.1, 0.15) is 99.3 Å². The number of esters is 1. The van der Waals surface area contributed by atoms with Crippen molar-refractivity contribution in [3.05, 3.63) is 0 Å². The first kappa shape index (κ1) is 39.9. The van der Waals surface area contributed by atoms with Crippen molar-refractivity contribution in [2.75, 3.05) is 26.7 Å². The van der Waals surface area contributed by atoms with Crippen molar-refractivity contribution in [1.29, 1.82) is 0 Å². The number of hydrogen-bond donors (Lipinski definition) is 6. The van der Waals surface area contributed by atoms with Gasteiger partial charge in [0.25, 0.3) is 0 Å². The molecule has 0 aliphatic rings. The molecule has 0 aliphatic heterocycles. The van der Waals surface area contributed by atoms with Crippen LogP contribution in [0.4, 0.5) is 9.59 Å². The van der Waals surface area contributed by atoms with Crippen LogP contribution in [0.15, 0.2) is 0 Å². The Morgan fingerprint density at radius 2 is 1.02 bits per heavy atom. The summed E-state index contributed by atoms with van der Waals surface area (Å²) in [6.07, 6.45) is 2.86. The SMILES string of the molecule is COC(=O)C(CCCCN)NC(=O)[C@H](CCCCNC(=O)OC(C)(C)C)NC(=O)C(CCCCN)NC(=O)OC(C)(C)C. The lowest BCUT2D eigenvalue weighted by molar-refractivity contribution is -0.145. The Morgan fingerprint density at radius 3 is 1.49 bits per heavy atom. The van der Waals surface area contributed by atoms with E-state index < -0.39 is 59.3 Å². The molecule has 3 atom stereocenters. The van der Waals surface area contributed by atoms with E-state index in [0.717, 1.165) is 0 Å². The standard InChI is InChI=1S/C29H56N6O8/c1-28(2,3)42-26(39)32-19-13-10-15-20(23(36)34-22(25(38)41-7)16-9-12-18-31)33-24(37)21(14-8-11-17-30)35-27(40)43-29(4,5)6/h20-22H,8-19,30-31H2,1-7H3,(H,32,39)(H,33,37)(H,34,36)(H,35,40)/t20-,21?,22?/m0/s1. The second-order valence-electron chi connectivity index (χ2n) is 12.3. The Labute approximate surface area is 256 Å². The van der Waals surface area contributed by atoms with Crippen LogP contribution in [0.5, 0.6) is 0 Å². The maximum absolute atomic E-state index is 13.4. The lowest BCUT2D eigenvalue weighted by Crippen LogP contribution is -2.56. The van der Waals surface area contributed by atoms with E-state index in [-0.39, 0.29) is 12.8 Å². The van der Waals surface area contributed by atoms with Gasteiger partial charge in [-0.3, -0.25) is 9.59 Å². The summed E-state index contributed by atoms with van der Waals surface area (Å²) in [5, 5.41) is 10.7. The summed E-state index contributed by atoms with van der Waals surface area (Å²) < 4.78 is 15.4. The molecule has 14 nitrogen and oxygen atoms in total. The average molecular weight is 617 g/mol. The van der Waals surface area contributed by atoms with Crippen molar-refractivity contribution < 1.29 is 38.2 Å². The fourth-order valence-electron chi connectivity index (χ4n) is 3.89. The molecule has 0 bridgehead atoms. The van der Waals surface area contributed by atoms with Gasteiger partial charge in [-0.1, -0.05) is 0 Å². The number of nitrogens with two attached hydrogens (primary N) is 2. The van der Waals surface area contributed by atoms with Crippen LogP contribution in [0.3, 0.4) is 0 Å². The Morgan fingerprint density at radius 1 is 0.605 bits per heavy atom. The highest BCUT2D eigenvalue weighted by Crippen LogP contribution is 2.11. The van der Waals surface area contributed by atoms with Crippen LogP contribution in [0.25, 0.3) is 0 Å². The number of carbonyl (C=O) groups is 5. The second kappa shape index (κ2) is 20.7. The molecule has 0 saturated carbocycles. The summed E-state index contributed by atoms with van der Waals surface area (Å²) in [5.74, 6) is -1.76. The van der Waals surface area contributed by atoms with E-state index in [1.807, 2.05) is 0 Å². The molecule has 0 rings (SSSR count). The van der Waals surface area contributed by atoms with Gasteiger partial charge < -0.3 is 46.9 Å². The molecule has 0 spiro atoms. The van der Waals surface area contributed by atoms with Gasteiger partial charge in [-0.25, -0.2) is 14.4 Å². The zero-order valence-electron chi connectivity index (χ0n) is 27.1. The molecule has 250 valence electrons. The molecule has 14 heteroatoms. The number of hydrogen-bond acceptors (Lipinski definition) is 10. The van der Waals surface area contributed by atoms with E-state index in [2.05, 4.69) is 21.3 Å². The third-order valence-electron chi connectivity index (χ3n) is 5.92. The van der Waals surface area contributed by atoms with Crippen LogP contribution in [0.2, 0.25) is 0 Å². The third-order valence-corrected chi connectivity index (χ3v) is 5.92. The molecule has 8 N–H and O–H groups in total. The number of nitrogens with one attached hydrogen (secondary N) is 4. The first-order valence-corrected chi connectivity index (χ1v) is 15.1. The molecule has 0 saturated heterocycles. The van der Waals surface area contributed by atoms with Crippen LogP contribution in [0, 0.1) is 0 Å². The molecule has 0 aromatic carbocycles. The second-order valence-corrected chi connectivity index (χ2v) is 12.3. The molecular formula is C29H56N6O8. The van der Waals surface area contributed by atoms with Gasteiger partial charge in [-0.2, -0.15) is 0 Å². The zero-order chi connectivity index (χ0) is 33.1. The van der Waals surface area contributed by atoms with Gasteiger partial charge in [0.05, 0.1) is 7.11 Å². The average Bonchev–Trinajstić information content (AvgIpc) is 2.88. The summed E-state index contributed by atoms with van der Waals surface area (Å²) >= 11 is 0. The van der Waals surface area contributed by atoms with Gasteiger partial charge in [0.1, 0.15) is 29.3 Å². The van der Waals surface area contributed by atoms with Gasteiger partial charge >= 0.3 is 18.2 Å². The van der Waals surface area contributed by atoms with Gasteiger partial charge in [0, 0.05) is 6.54 Å². The summed E-state index contributed by atoms with van der Waals surface area (Å²) in [5.41, 5.74) is 9.76. The number of unbranched alkanes of at least 4 members (excludes halogenated alkanes) is 3. The highest BCUT2D eigenvalue weighted by molar-refractivity contribution is 5.93. The van der Waals surface area contributed by atoms with E-state index in [1.165, 1.54) is 7.11 Å². The maximum atomic E-state index is 13.4. The normalized spacial score (nSPS) is 13.6. The number of rotatable bonds is 19. The zero-order valence-corrected chi connectivity index (χ0v) is 27.1. The minimum Gasteiger partial charge on any atom is -0.467 e. The molecule has 43 heavy (non-hydrogen) atoms. The van der Waals surface area contributed by atoms with Crippen LogP contribution in [-0.2, 0) is 28.6 Å². The predicted molar refractivity (Wildman–Crippen MR) is 163 cm³/mol. The molecule has 0 radical (unpaired) electrons. The minimum absolute atomic E-state index is 0.201. The number of ether oxygens (including phenoxy) is 3. The monoisotopic (exact) mass is 616 g/mol. The molecule has 0 heterocycles. The number of amides is 4. The largest absolute Gasteiger partial charge is 0.467 e. The fraction of sp³-hybridized carbons (Fsp3) is 0.828. The van der Waals surface area contributed by atoms with Crippen molar-refractivity contribution in [2.24, 2.45) is 11.5 Å². The number of alkyl carbamates (subject to hydrolysis) is 2. The summed E-state index contributed by atoms with van der Waals surface area (Å²) in [4.78, 5) is 63.5. The van der Waals surface area contributed by atoms with Gasteiger partial charge in [0.2, 0.25) is 11.8 Å². The quantitative estimate of drug-likeness (QED) is 0.0705. The Balaban J connectivity index is 5.66. The van der Waals surface area contributed by atoms with Crippen LogP contribution < -0.4 is 32.7 Å². The fourth-order valence-corrected chi connectivity index (χ4v) is 3.89. The highest BCUT2D eigenvalue weighted by Gasteiger charge is 2.30. The Bertz CT molecular complexity index is 872. The first-order valence-electron chi connectivity index (χ1n) is 15.1. The lowest BCUT2D eigenvalue weighted by atomic mass is 10.0. The summed E-state index contributed by atoms with van der Waals surface area (Å²) in [6.45, 7) is 11.6. The number of carbonyl (C=O) groups excluding carboxylic acids is 5. The van der Waals surface area contributed by atoms with Crippen molar-refractivity contribution in [3.63, 3.8) is 0 Å². The highest BCUT2D eigenvalue weighted by atomic mass is 16.6. The third kappa shape index (κ3) is 20.4. The van der Waals surface area contributed by atoms with E-state index in [9.17, 15) is 24.0 Å². The van der Waals surface area contributed by atoms with Crippen molar-refractivity contribution in [3.8, 4) is 0 Å². The molecular weight excluding hydrogens is 560 g/mol. The molecule has 4 amide bonds. The predicted octanol–water partition coefficient (Wildman–Crippen LogP) is 1.98. The molecule has 0 aromatic heterocycles. The maximum Gasteiger partial charge on any atom is 0.408 e. The van der Waals surface area contributed by atoms with Crippen molar-refractivity contribution in [1.82, 2.24) is 21.3 Å². The van der Waals surface area contributed by atoms with Gasteiger partial charge in [-0.05, 0) is 112 Å². The van der Waals surface area contributed by atoms with Gasteiger partial charge in [-0.15, -0.1) is 0 Å². The van der Waals surface area contributed by atoms with E-state index in [0.29, 0.717) is 64.6 Å². The van der Waals surface area contributed by atoms with Crippen LogP contribution >= 0.6 is 0 Å². The Kier molecular flexibility index (Phi) is 19.2. The minimum atomic E-state index is -1.03. The summed E-state index contributed by atoms with van der Waals surface area (Å²) in [6, 6.07) is -2.93. The lowest BCUT2D eigenvalue weighted by Gasteiger charge is -2.26. The van der Waals surface area contributed by atoms with Crippen LogP contribution in [-0.4, -0.2) is 86.0 Å². The van der Waals surface area contributed by atoms with Gasteiger partial charge in [0.15, 0.2) is 0 Å². The molecule has 0 fully saturated rings. The van der Waals surface area contributed by atoms with E-state index in [4.69, 9.17) is 25.7 Å². The Hall–Kier alpha value is -3.13. The molecule has 2 unspecified atom stereocenters. The van der Waals surface area contributed by atoms with Crippen molar-refractivity contribution >= 4 is 30.0 Å². The van der Waals surface area contributed by atoms with Crippen molar-refractivity contribution in [2.45, 2.75) is 129 Å². The molecule has 0 aromatic rings.